The predicted octanol–water partition coefficient (Wildman–Crippen LogP) is 1.70. The smallest absolute Gasteiger partial charge is 0.331 e. The Balaban J connectivity index is 1.97. The highest BCUT2D eigenvalue weighted by molar-refractivity contribution is 6.31. The van der Waals surface area contributed by atoms with Crippen LogP contribution in [0.4, 0.5) is 10.5 Å². The molecule has 130 valence electrons. The monoisotopic (exact) mass is 345 g/mol. The number of amides is 4. The highest BCUT2D eigenvalue weighted by Crippen LogP contribution is 2.29. The number of carbonyl (C=O) groups is 3. The first-order valence-electron chi connectivity index (χ1n) is 7.76. The molecule has 0 spiro atoms. The number of carbonyl (C=O) groups excluding carboxylic acids is 3. The van der Waals surface area contributed by atoms with Gasteiger partial charge in [-0.15, -0.1) is 0 Å². The van der Waals surface area contributed by atoms with Crippen molar-refractivity contribution in [2.75, 3.05) is 0 Å². The summed E-state index contributed by atoms with van der Waals surface area (Å²) in [5.74, 6) is -2.08. The molecule has 1 aromatic carbocycles. The van der Waals surface area contributed by atoms with Crippen molar-refractivity contribution in [3.63, 3.8) is 0 Å². The lowest BCUT2D eigenvalue weighted by molar-refractivity contribution is -0.385. The molecule has 1 heterocycles. The molecular weight excluding hydrogens is 330 g/mol. The third-order valence-electron chi connectivity index (χ3n) is 4.33. The van der Waals surface area contributed by atoms with E-state index in [1.807, 2.05) is 0 Å². The summed E-state index contributed by atoms with van der Waals surface area (Å²) in [5, 5.41) is 22.5. The number of imide groups is 2. The maximum Gasteiger partial charge on any atom is 0.331 e. The summed E-state index contributed by atoms with van der Waals surface area (Å²) < 4.78 is 0. The summed E-state index contributed by atoms with van der Waals surface area (Å²) in [6.45, 7) is 0. The Morgan fingerprint density at radius 3 is 2.56 bits per heavy atom. The van der Waals surface area contributed by atoms with E-state index in [1.165, 1.54) is 12.1 Å². The van der Waals surface area contributed by atoms with Gasteiger partial charge in [-0.1, -0.05) is 18.9 Å². The van der Waals surface area contributed by atoms with E-state index in [0.717, 1.165) is 29.9 Å². The summed E-state index contributed by atoms with van der Waals surface area (Å²) >= 11 is 0. The number of urea groups is 1. The highest BCUT2D eigenvalue weighted by Gasteiger charge is 2.40. The number of hydrogen-bond acceptors (Lipinski definition) is 6. The van der Waals surface area contributed by atoms with Gasteiger partial charge in [0.2, 0.25) is 0 Å². The van der Waals surface area contributed by atoms with Gasteiger partial charge in [-0.25, -0.2) is 4.79 Å². The van der Waals surface area contributed by atoms with Crippen LogP contribution in [-0.2, 0) is 9.59 Å². The summed E-state index contributed by atoms with van der Waals surface area (Å²) in [5.41, 5.74) is -0.614. The lowest BCUT2D eigenvalue weighted by atomic mass is 10.0. The zero-order chi connectivity index (χ0) is 18.1. The number of hydrogen-bond donors (Lipinski definition) is 2. The van der Waals surface area contributed by atoms with Crippen LogP contribution in [0.3, 0.4) is 0 Å². The van der Waals surface area contributed by atoms with Gasteiger partial charge in [-0.3, -0.25) is 29.9 Å². The first-order valence-corrected chi connectivity index (χ1v) is 7.76. The number of rotatable bonds is 3. The van der Waals surface area contributed by atoms with E-state index >= 15 is 0 Å². The van der Waals surface area contributed by atoms with Crippen molar-refractivity contribution in [1.29, 1.82) is 0 Å². The summed E-state index contributed by atoms with van der Waals surface area (Å²) in [4.78, 5) is 47.8. The minimum absolute atomic E-state index is 0.198. The van der Waals surface area contributed by atoms with E-state index in [-0.39, 0.29) is 17.2 Å². The molecule has 1 saturated heterocycles. The second-order valence-electron chi connectivity index (χ2n) is 5.94. The van der Waals surface area contributed by atoms with E-state index < -0.39 is 34.2 Å². The number of barbiturate groups is 1. The standard InChI is InChI=1S/C16H15N3O6/c20-13-6-5-9(8-12(13)19(24)25)7-11-14(21)17-16(23)18(15(11)22)10-3-1-2-4-10/h5-8,10,20H,1-4H2,(H,17,21,23)/b11-7+. The number of benzene rings is 1. The molecule has 4 amide bonds. The van der Waals surface area contributed by atoms with Crippen molar-refractivity contribution in [2.45, 2.75) is 31.7 Å². The molecular formula is C16H15N3O6. The van der Waals surface area contributed by atoms with E-state index in [0.29, 0.717) is 12.8 Å². The van der Waals surface area contributed by atoms with Crippen LogP contribution in [0.25, 0.3) is 6.08 Å². The van der Waals surface area contributed by atoms with Gasteiger partial charge in [0.25, 0.3) is 11.8 Å². The summed E-state index contributed by atoms with van der Waals surface area (Å²) in [7, 11) is 0. The van der Waals surface area contributed by atoms with Crippen molar-refractivity contribution < 1.29 is 24.4 Å². The van der Waals surface area contributed by atoms with Crippen LogP contribution >= 0.6 is 0 Å². The van der Waals surface area contributed by atoms with Gasteiger partial charge in [0.15, 0.2) is 5.75 Å². The fraction of sp³-hybridized carbons (Fsp3) is 0.312. The lowest BCUT2D eigenvalue weighted by Gasteiger charge is -2.31. The first kappa shape index (κ1) is 16.6. The number of nitro benzene ring substituents is 1. The molecule has 0 bridgehead atoms. The maximum absolute atomic E-state index is 12.6. The maximum atomic E-state index is 12.6. The third-order valence-corrected chi connectivity index (χ3v) is 4.33. The number of phenols is 1. The Hall–Kier alpha value is -3.23. The number of nitrogens with zero attached hydrogens (tertiary/aromatic N) is 2. The molecule has 2 fully saturated rings. The molecule has 9 nitrogen and oxygen atoms in total. The van der Waals surface area contributed by atoms with E-state index in [4.69, 9.17) is 0 Å². The fourth-order valence-electron chi connectivity index (χ4n) is 3.11. The molecule has 1 aliphatic heterocycles. The Labute approximate surface area is 142 Å². The van der Waals surface area contributed by atoms with Gasteiger partial charge in [0.1, 0.15) is 5.57 Å². The van der Waals surface area contributed by atoms with Gasteiger partial charge >= 0.3 is 11.7 Å². The van der Waals surface area contributed by atoms with E-state index in [1.54, 1.807) is 0 Å². The van der Waals surface area contributed by atoms with Crippen molar-refractivity contribution >= 4 is 29.6 Å². The predicted molar refractivity (Wildman–Crippen MR) is 85.4 cm³/mol. The Morgan fingerprint density at radius 1 is 1.24 bits per heavy atom. The molecule has 3 rings (SSSR count). The van der Waals surface area contributed by atoms with Crippen LogP contribution < -0.4 is 5.32 Å². The van der Waals surface area contributed by atoms with Crippen LogP contribution in [0.15, 0.2) is 23.8 Å². The van der Waals surface area contributed by atoms with Crippen LogP contribution in [0.1, 0.15) is 31.2 Å². The Morgan fingerprint density at radius 2 is 1.92 bits per heavy atom. The lowest BCUT2D eigenvalue weighted by Crippen LogP contribution is -2.57. The molecule has 1 aromatic rings. The van der Waals surface area contributed by atoms with Crippen molar-refractivity contribution in [2.24, 2.45) is 0 Å². The minimum atomic E-state index is -0.847. The SMILES string of the molecule is O=C1NC(=O)N(C2CCCC2)C(=O)/C1=C/c1ccc(O)c([N+](=O)[O-])c1. The molecule has 2 aliphatic rings. The second kappa shape index (κ2) is 6.34. The van der Waals surface area contributed by atoms with Crippen LogP contribution in [0, 0.1) is 10.1 Å². The normalized spacial score (nSPS) is 20.2. The second-order valence-corrected chi connectivity index (χ2v) is 5.94. The Kier molecular flexibility index (Phi) is 4.22. The number of phenolic OH excluding ortho intramolecular Hbond substituents is 1. The largest absolute Gasteiger partial charge is 0.502 e. The third kappa shape index (κ3) is 3.08. The number of nitrogens with one attached hydrogen (secondary N) is 1. The van der Waals surface area contributed by atoms with E-state index in [9.17, 15) is 29.6 Å². The van der Waals surface area contributed by atoms with Crippen molar-refractivity contribution in [3.8, 4) is 5.75 Å². The van der Waals surface area contributed by atoms with E-state index in [2.05, 4.69) is 5.32 Å². The van der Waals surface area contributed by atoms with Crippen LogP contribution in [-0.4, -0.2) is 38.8 Å². The molecule has 1 saturated carbocycles. The van der Waals surface area contributed by atoms with Gasteiger partial charge in [0.05, 0.1) is 4.92 Å². The molecule has 25 heavy (non-hydrogen) atoms. The molecule has 0 radical (unpaired) electrons. The summed E-state index contributed by atoms with van der Waals surface area (Å²) in [6, 6.07) is 2.51. The average molecular weight is 345 g/mol. The van der Waals surface area contributed by atoms with Gasteiger partial charge in [-0.05, 0) is 30.5 Å². The molecule has 9 heteroatoms. The zero-order valence-electron chi connectivity index (χ0n) is 13.1. The van der Waals surface area contributed by atoms with Crippen molar-refractivity contribution in [1.82, 2.24) is 10.2 Å². The van der Waals surface area contributed by atoms with Gasteiger partial charge < -0.3 is 5.11 Å². The quantitative estimate of drug-likeness (QED) is 0.371. The molecule has 0 aromatic heterocycles. The zero-order valence-corrected chi connectivity index (χ0v) is 13.1. The van der Waals surface area contributed by atoms with Gasteiger partial charge in [-0.2, -0.15) is 0 Å². The number of nitro groups is 1. The van der Waals surface area contributed by atoms with Gasteiger partial charge in [0, 0.05) is 12.1 Å². The highest BCUT2D eigenvalue weighted by atomic mass is 16.6. The average Bonchev–Trinajstić information content (AvgIpc) is 3.06. The van der Waals surface area contributed by atoms with Crippen LogP contribution in [0.2, 0.25) is 0 Å². The Bertz CT molecular complexity index is 810. The summed E-state index contributed by atoms with van der Waals surface area (Å²) in [6.07, 6.45) is 4.35. The first-order chi connectivity index (χ1) is 11.9. The molecule has 1 aliphatic carbocycles. The molecule has 2 N–H and O–H groups in total. The van der Waals surface area contributed by atoms with Crippen LogP contribution in [0.5, 0.6) is 5.75 Å². The fourth-order valence-corrected chi connectivity index (χ4v) is 3.11. The van der Waals surface area contributed by atoms with Crippen molar-refractivity contribution in [3.05, 3.63) is 39.4 Å². The number of aromatic hydroxyl groups is 1. The molecule has 0 unspecified atom stereocenters. The minimum Gasteiger partial charge on any atom is -0.502 e. The topological polar surface area (TPSA) is 130 Å². The molecule has 0 atom stereocenters.